The van der Waals surface area contributed by atoms with Gasteiger partial charge in [0, 0.05) is 0 Å². The zero-order valence-electron chi connectivity index (χ0n) is 12.9. The molecule has 0 aliphatic heterocycles. The van der Waals surface area contributed by atoms with Gasteiger partial charge in [-0.1, -0.05) is 74.8 Å². The van der Waals surface area contributed by atoms with Crippen molar-refractivity contribution in [3.05, 3.63) is 59.7 Å². The molecule has 20 heavy (non-hydrogen) atoms. The van der Waals surface area contributed by atoms with Gasteiger partial charge in [0.05, 0.1) is 5.54 Å². The maximum absolute atomic E-state index is 3.81. The number of unbranched alkanes of at least 4 members (excludes halogenated alkanes) is 3. The third-order valence-electron chi connectivity index (χ3n) is 4.16. The van der Waals surface area contributed by atoms with Crippen molar-refractivity contribution in [3.8, 4) is 0 Å². The van der Waals surface area contributed by atoms with Crippen LogP contribution < -0.4 is 5.32 Å². The first-order chi connectivity index (χ1) is 9.78. The van der Waals surface area contributed by atoms with Gasteiger partial charge in [-0.15, -0.1) is 0 Å². The van der Waals surface area contributed by atoms with Gasteiger partial charge in [0.25, 0.3) is 0 Å². The van der Waals surface area contributed by atoms with Crippen molar-refractivity contribution in [1.29, 1.82) is 0 Å². The Morgan fingerprint density at radius 2 is 1.95 bits per heavy atom. The van der Waals surface area contributed by atoms with Crippen LogP contribution in [0, 0.1) is 6.92 Å². The minimum absolute atomic E-state index is 0.00763. The molecule has 1 heteroatoms. The Kier molecular flexibility index (Phi) is 5.60. The van der Waals surface area contributed by atoms with Gasteiger partial charge in [0.1, 0.15) is 0 Å². The number of rotatable bonds is 7. The Labute approximate surface area is 123 Å². The fourth-order valence-electron chi connectivity index (χ4n) is 2.98. The SMILES string of the molecule is CCCCCCNC1(c2ccccc2C)C=CC=CC1. The first-order valence-electron chi connectivity index (χ1n) is 7.94. The third-order valence-corrected chi connectivity index (χ3v) is 4.16. The minimum atomic E-state index is -0.00763. The monoisotopic (exact) mass is 269 g/mol. The summed E-state index contributed by atoms with van der Waals surface area (Å²) in [7, 11) is 0. The lowest BCUT2D eigenvalue weighted by Crippen LogP contribution is -2.42. The summed E-state index contributed by atoms with van der Waals surface area (Å²) in [5, 5.41) is 3.81. The van der Waals surface area contributed by atoms with E-state index in [1.165, 1.54) is 36.8 Å². The van der Waals surface area contributed by atoms with E-state index in [9.17, 15) is 0 Å². The molecule has 1 aliphatic carbocycles. The first-order valence-corrected chi connectivity index (χ1v) is 7.94. The predicted octanol–water partition coefficient (Wildman–Crippen LogP) is 4.88. The van der Waals surface area contributed by atoms with Crippen LogP contribution in [0.25, 0.3) is 0 Å². The summed E-state index contributed by atoms with van der Waals surface area (Å²) < 4.78 is 0. The van der Waals surface area contributed by atoms with E-state index in [1.54, 1.807) is 0 Å². The molecule has 1 atom stereocenters. The van der Waals surface area contributed by atoms with Crippen LogP contribution in [-0.2, 0) is 5.54 Å². The molecule has 108 valence electrons. The fraction of sp³-hybridized carbons (Fsp3) is 0.474. The lowest BCUT2D eigenvalue weighted by Gasteiger charge is -2.34. The van der Waals surface area contributed by atoms with E-state index in [1.807, 2.05) is 0 Å². The molecule has 0 bridgehead atoms. The van der Waals surface area contributed by atoms with E-state index in [0.717, 1.165) is 13.0 Å². The zero-order chi connectivity index (χ0) is 14.3. The quantitative estimate of drug-likeness (QED) is 0.696. The summed E-state index contributed by atoms with van der Waals surface area (Å²) in [4.78, 5) is 0. The summed E-state index contributed by atoms with van der Waals surface area (Å²) in [5.74, 6) is 0. The van der Waals surface area contributed by atoms with Gasteiger partial charge in [-0.25, -0.2) is 0 Å². The highest BCUT2D eigenvalue weighted by atomic mass is 15.0. The Hall–Kier alpha value is -1.34. The highest BCUT2D eigenvalue weighted by Gasteiger charge is 2.29. The summed E-state index contributed by atoms with van der Waals surface area (Å²) in [6, 6.07) is 8.74. The standard InChI is InChI=1S/C19H27N/c1-3-4-5-11-16-20-19(14-9-6-10-15-19)18-13-8-7-12-17(18)2/h6-10,12-14,20H,3-5,11,15-16H2,1-2H3. The number of benzene rings is 1. The number of aryl methyl sites for hydroxylation is 1. The Bertz CT molecular complexity index is 472. The van der Waals surface area contributed by atoms with Crippen LogP contribution in [0.3, 0.4) is 0 Å². The second-order valence-corrected chi connectivity index (χ2v) is 5.77. The molecule has 0 spiro atoms. The topological polar surface area (TPSA) is 12.0 Å². The van der Waals surface area contributed by atoms with Crippen LogP contribution in [0.1, 0.15) is 50.2 Å². The molecule has 1 nitrogen and oxygen atoms in total. The molecule has 1 unspecified atom stereocenters. The lowest BCUT2D eigenvalue weighted by atomic mass is 9.81. The first kappa shape index (κ1) is 15.1. The minimum Gasteiger partial charge on any atom is -0.304 e. The van der Waals surface area contributed by atoms with Gasteiger partial charge in [-0.3, -0.25) is 0 Å². The molecule has 0 saturated carbocycles. The van der Waals surface area contributed by atoms with E-state index >= 15 is 0 Å². The van der Waals surface area contributed by atoms with Gasteiger partial charge < -0.3 is 5.32 Å². The van der Waals surface area contributed by atoms with E-state index in [0.29, 0.717) is 0 Å². The molecule has 0 radical (unpaired) electrons. The number of hydrogen-bond acceptors (Lipinski definition) is 1. The molecule has 0 heterocycles. The maximum atomic E-state index is 3.81. The van der Waals surface area contributed by atoms with Gasteiger partial charge in [-0.05, 0) is 37.4 Å². The van der Waals surface area contributed by atoms with Gasteiger partial charge in [-0.2, -0.15) is 0 Å². The summed E-state index contributed by atoms with van der Waals surface area (Å²) in [6.07, 6.45) is 15.2. The Morgan fingerprint density at radius 1 is 1.10 bits per heavy atom. The van der Waals surface area contributed by atoms with Crippen LogP contribution in [0.4, 0.5) is 0 Å². The van der Waals surface area contributed by atoms with E-state index < -0.39 is 0 Å². The van der Waals surface area contributed by atoms with Crippen LogP contribution in [0.2, 0.25) is 0 Å². The number of hydrogen-bond donors (Lipinski definition) is 1. The van der Waals surface area contributed by atoms with E-state index in [4.69, 9.17) is 0 Å². The molecule has 1 aromatic rings. The maximum Gasteiger partial charge on any atom is 0.0661 e. The van der Waals surface area contributed by atoms with Gasteiger partial charge in [0.2, 0.25) is 0 Å². The molecular weight excluding hydrogens is 242 g/mol. The summed E-state index contributed by atoms with van der Waals surface area (Å²) in [6.45, 7) is 5.56. The molecule has 2 rings (SSSR count). The van der Waals surface area contributed by atoms with Crippen molar-refractivity contribution >= 4 is 0 Å². The number of allylic oxidation sites excluding steroid dienone is 2. The normalized spacial score (nSPS) is 21.3. The third kappa shape index (κ3) is 3.61. The summed E-state index contributed by atoms with van der Waals surface area (Å²) >= 11 is 0. The van der Waals surface area contributed by atoms with Crippen molar-refractivity contribution < 1.29 is 0 Å². The van der Waals surface area contributed by atoms with Crippen LogP contribution in [-0.4, -0.2) is 6.54 Å². The fourth-order valence-corrected chi connectivity index (χ4v) is 2.98. The molecule has 1 N–H and O–H groups in total. The molecule has 1 aromatic carbocycles. The van der Waals surface area contributed by atoms with Crippen molar-refractivity contribution in [2.45, 2.75) is 51.5 Å². The number of nitrogens with one attached hydrogen (secondary N) is 1. The average molecular weight is 269 g/mol. The van der Waals surface area contributed by atoms with Crippen molar-refractivity contribution in [2.24, 2.45) is 0 Å². The highest BCUT2D eigenvalue weighted by molar-refractivity contribution is 5.39. The van der Waals surface area contributed by atoms with E-state index in [-0.39, 0.29) is 5.54 Å². The average Bonchev–Trinajstić information content (AvgIpc) is 2.48. The molecule has 0 fully saturated rings. The second kappa shape index (κ2) is 7.44. The Morgan fingerprint density at radius 3 is 2.65 bits per heavy atom. The van der Waals surface area contributed by atoms with E-state index in [2.05, 4.69) is 67.7 Å². The van der Waals surface area contributed by atoms with Gasteiger partial charge in [0.15, 0.2) is 0 Å². The largest absolute Gasteiger partial charge is 0.304 e. The molecular formula is C19H27N. The van der Waals surface area contributed by atoms with Crippen molar-refractivity contribution in [1.82, 2.24) is 5.32 Å². The Balaban J connectivity index is 2.09. The van der Waals surface area contributed by atoms with Gasteiger partial charge >= 0.3 is 0 Å². The van der Waals surface area contributed by atoms with Crippen molar-refractivity contribution in [2.75, 3.05) is 6.54 Å². The molecule has 0 aromatic heterocycles. The highest BCUT2D eigenvalue weighted by Crippen LogP contribution is 2.32. The zero-order valence-corrected chi connectivity index (χ0v) is 12.9. The van der Waals surface area contributed by atoms with Crippen molar-refractivity contribution in [3.63, 3.8) is 0 Å². The summed E-state index contributed by atoms with van der Waals surface area (Å²) in [5.41, 5.74) is 2.77. The smallest absolute Gasteiger partial charge is 0.0661 e. The molecule has 0 saturated heterocycles. The van der Waals surface area contributed by atoms with Crippen LogP contribution >= 0.6 is 0 Å². The molecule has 0 amide bonds. The predicted molar refractivity (Wildman–Crippen MR) is 87.9 cm³/mol. The lowest BCUT2D eigenvalue weighted by molar-refractivity contribution is 0.406. The van der Waals surface area contributed by atoms with Crippen LogP contribution in [0.5, 0.6) is 0 Å². The second-order valence-electron chi connectivity index (χ2n) is 5.77. The molecule has 1 aliphatic rings. The van der Waals surface area contributed by atoms with Crippen LogP contribution in [0.15, 0.2) is 48.6 Å².